The highest BCUT2D eigenvalue weighted by atomic mass is 16.3. The number of hydrogen-bond acceptors (Lipinski definition) is 4. The summed E-state index contributed by atoms with van der Waals surface area (Å²) >= 11 is 0. The molecule has 134 valence electrons. The lowest BCUT2D eigenvalue weighted by Crippen LogP contribution is -2.10. The summed E-state index contributed by atoms with van der Waals surface area (Å²) in [6.07, 6.45) is 0. The first kappa shape index (κ1) is 15.9. The molecule has 5 aromatic rings. The minimum Gasteiger partial charge on any atom is -0.507 e. The highest BCUT2D eigenvalue weighted by Crippen LogP contribution is 2.39. The predicted octanol–water partition coefficient (Wildman–Crippen LogP) is 6.40. The van der Waals surface area contributed by atoms with Crippen LogP contribution in [0.2, 0.25) is 0 Å². The van der Waals surface area contributed by atoms with Crippen molar-refractivity contribution < 1.29 is 13.9 Å². The van der Waals surface area contributed by atoms with E-state index in [0.717, 1.165) is 38.6 Å². The van der Waals surface area contributed by atoms with Crippen molar-refractivity contribution in [2.45, 2.75) is 26.2 Å². The smallest absolute Gasteiger partial charge is 0.200 e. The lowest BCUT2D eigenvalue weighted by Gasteiger charge is -2.11. The molecule has 3 aromatic carbocycles. The fourth-order valence-electron chi connectivity index (χ4n) is 3.42. The molecule has 1 N–H and O–H groups in total. The molecule has 2 heterocycles. The number of nitrogens with zero attached hydrogens (tertiary/aromatic N) is 1. The molecule has 0 atom stereocenters. The van der Waals surface area contributed by atoms with Crippen LogP contribution in [0, 0.1) is 0 Å². The number of benzene rings is 3. The second-order valence-corrected chi connectivity index (χ2v) is 7.92. The van der Waals surface area contributed by atoms with Crippen LogP contribution in [-0.2, 0) is 5.41 Å². The van der Waals surface area contributed by atoms with Crippen molar-refractivity contribution in [1.82, 2.24) is 4.98 Å². The average molecular weight is 357 g/mol. The molecule has 2 aromatic heterocycles. The number of para-hydroxylation sites is 1. The molecule has 0 amide bonds. The first-order valence-electron chi connectivity index (χ1n) is 8.96. The van der Waals surface area contributed by atoms with Crippen molar-refractivity contribution in [3.63, 3.8) is 0 Å². The predicted molar refractivity (Wildman–Crippen MR) is 107 cm³/mol. The van der Waals surface area contributed by atoms with E-state index in [9.17, 15) is 5.11 Å². The Morgan fingerprint density at radius 3 is 2.41 bits per heavy atom. The number of phenolic OH excluding ortho intramolecular Hbond substituents is 1. The number of oxazole rings is 1. The van der Waals surface area contributed by atoms with E-state index >= 15 is 0 Å². The topological polar surface area (TPSA) is 59.4 Å². The van der Waals surface area contributed by atoms with Gasteiger partial charge in [0.15, 0.2) is 5.58 Å². The van der Waals surface area contributed by atoms with Gasteiger partial charge in [-0.15, -0.1) is 0 Å². The highest BCUT2D eigenvalue weighted by molar-refractivity contribution is 6.09. The maximum Gasteiger partial charge on any atom is 0.200 e. The van der Waals surface area contributed by atoms with Gasteiger partial charge in [0.2, 0.25) is 5.89 Å². The summed E-state index contributed by atoms with van der Waals surface area (Å²) in [6, 6.07) is 17.3. The monoisotopic (exact) mass is 357 g/mol. The van der Waals surface area contributed by atoms with Crippen molar-refractivity contribution in [1.29, 1.82) is 0 Å². The fourth-order valence-corrected chi connectivity index (χ4v) is 3.42. The molecule has 0 spiro atoms. The Hall–Kier alpha value is -3.27. The van der Waals surface area contributed by atoms with Gasteiger partial charge in [0.1, 0.15) is 22.4 Å². The van der Waals surface area contributed by atoms with Gasteiger partial charge in [-0.2, -0.15) is 0 Å². The third-order valence-corrected chi connectivity index (χ3v) is 4.82. The molecule has 0 fully saturated rings. The Labute approximate surface area is 156 Å². The van der Waals surface area contributed by atoms with Crippen molar-refractivity contribution >= 4 is 33.0 Å². The Bertz CT molecular complexity index is 1320. The molecule has 4 nitrogen and oxygen atoms in total. The second kappa shape index (κ2) is 5.36. The first-order valence-corrected chi connectivity index (χ1v) is 8.96. The van der Waals surface area contributed by atoms with E-state index < -0.39 is 0 Å². The first-order chi connectivity index (χ1) is 12.9. The van der Waals surface area contributed by atoms with E-state index in [1.165, 1.54) is 0 Å². The quantitative estimate of drug-likeness (QED) is 0.377. The average Bonchev–Trinajstić information content (AvgIpc) is 3.22. The zero-order chi connectivity index (χ0) is 18.8. The van der Waals surface area contributed by atoms with Crippen LogP contribution in [-0.4, -0.2) is 10.1 Å². The minimum atomic E-state index is -0.148. The van der Waals surface area contributed by atoms with Gasteiger partial charge in [0.05, 0.1) is 5.39 Å². The van der Waals surface area contributed by atoms with Gasteiger partial charge in [0, 0.05) is 10.8 Å². The summed E-state index contributed by atoms with van der Waals surface area (Å²) in [7, 11) is 0. The van der Waals surface area contributed by atoms with E-state index in [0.29, 0.717) is 11.5 Å². The van der Waals surface area contributed by atoms with Gasteiger partial charge >= 0.3 is 0 Å². The minimum absolute atomic E-state index is 0.148. The van der Waals surface area contributed by atoms with Crippen molar-refractivity contribution in [2.75, 3.05) is 0 Å². The van der Waals surface area contributed by atoms with Gasteiger partial charge in [-0.3, -0.25) is 0 Å². The molecule has 0 aliphatic carbocycles. The van der Waals surface area contributed by atoms with E-state index in [4.69, 9.17) is 8.83 Å². The molecular weight excluding hydrogens is 338 g/mol. The van der Waals surface area contributed by atoms with E-state index in [1.807, 2.05) is 48.5 Å². The largest absolute Gasteiger partial charge is 0.507 e. The number of furan rings is 1. The summed E-state index contributed by atoms with van der Waals surface area (Å²) in [6.45, 7) is 6.23. The van der Waals surface area contributed by atoms with E-state index in [2.05, 4.69) is 25.8 Å². The van der Waals surface area contributed by atoms with Crippen LogP contribution in [0.1, 0.15) is 26.7 Å². The van der Waals surface area contributed by atoms with E-state index in [-0.39, 0.29) is 11.2 Å². The molecule has 0 unspecified atom stereocenters. The zero-order valence-electron chi connectivity index (χ0n) is 15.4. The van der Waals surface area contributed by atoms with Crippen molar-refractivity contribution in [3.8, 4) is 16.9 Å². The number of fused-ring (bicyclic) bond motifs is 4. The zero-order valence-corrected chi connectivity index (χ0v) is 15.4. The van der Waals surface area contributed by atoms with Gasteiger partial charge in [0.25, 0.3) is 0 Å². The summed E-state index contributed by atoms with van der Waals surface area (Å²) < 4.78 is 11.9. The normalized spacial score (nSPS) is 12.4. The molecule has 0 saturated heterocycles. The SMILES string of the molecule is CC(C)(C)c1nc2ccc(-c3cc(O)c4c(c3)oc3ccccc34)cc2o1. The lowest BCUT2D eigenvalue weighted by molar-refractivity contribution is 0.411. The molecule has 0 bridgehead atoms. The lowest BCUT2D eigenvalue weighted by atomic mass is 9.97. The number of hydrogen-bond donors (Lipinski definition) is 1. The molecule has 5 rings (SSSR count). The molecule has 0 saturated carbocycles. The Morgan fingerprint density at radius 2 is 1.59 bits per heavy atom. The number of aromatic nitrogens is 1. The summed E-state index contributed by atoms with van der Waals surface area (Å²) in [5, 5.41) is 12.3. The molecule has 0 aliphatic heterocycles. The van der Waals surface area contributed by atoms with Gasteiger partial charge in [-0.05, 0) is 41.5 Å². The number of phenols is 1. The maximum atomic E-state index is 10.6. The van der Waals surface area contributed by atoms with Crippen LogP contribution in [0.3, 0.4) is 0 Å². The van der Waals surface area contributed by atoms with Crippen molar-refractivity contribution in [3.05, 3.63) is 60.5 Å². The second-order valence-electron chi connectivity index (χ2n) is 7.92. The summed E-state index contributed by atoms with van der Waals surface area (Å²) in [5.74, 6) is 0.922. The Kier molecular flexibility index (Phi) is 3.17. The third-order valence-electron chi connectivity index (χ3n) is 4.82. The fraction of sp³-hybridized carbons (Fsp3) is 0.174. The van der Waals surface area contributed by atoms with Crippen molar-refractivity contribution in [2.24, 2.45) is 0 Å². The van der Waals surface area contributed by atoms with Crippen LogP contribution >= 0.6 is 0 Å². The van der Waals surface area contributed by atoms with Crippen LogP contribution in [0.15, 0.2) is 63.4 Å². The van der Waals surface area contributed by atoms with Gasteiger partial charge in [-0.1, -0.05) is 45.0 Å². The standard InChI is InChI=1S/C23H19NO3/c1-23(2,3)22-24-16-9-8-13(11-19(16)27-22)14-10-17(25)21-15-6-4-5-7-18(15)26-20(21)12-14/h4-12,25H,1-3H3. The van der Waals surface area contributed by atoms with Crippen LogP contribution in [0.4, 0.5) is 0 Å². The molecule has 0 radical (unpaired) electrons. The van der Waals surface area contributed by atoms with Crippen LogP contribution < -0.4 is 0 Å². The molecule has 27 heavy (non-hydrogen) atoms. The Morgan fingerprint density at radius 1 is 0.815 bits per heavy atom. The number of aromatic hydroxyl groups is 1. The molecule has 0 aliphatic rings. The molecular formula is C23H19NO3. The van der Waals surface area contributed by atoms with E-state index in [1.54, 1.807) is 6.07 Å². The van der Waals surface area contributed by atoms with Crippen LogP contribution in [0.25, 0.3) is 44.2 Å². The van der Waals surface area contributed by atoms with Crippen LogP contribution in [0.5, 0.6) is 5.75 Å². The highest BCUT2D eigenvalue weighted by Gasteiger charge is 2.21. The summed E-state index contributed by atoms with van der Waals surface area (Å²) in [5.41, 5.74) is 4.66. The van der Waals surface area contributed by atoms with Gasteiger partial charge < -0.3 is 13.9 Å². The maximum absolute atomic E-state index is 10.6. The molecule has 4 heteroatoms. The Balaban J connectivity index is 1.69. The summed E-state index contributed by atoms with van der Waals surface area (Å²) in [4.78, 5) is 4.58. The third kappa shape index (κ3) is 2.48. The number of rotatable bonds is 1. The van der Waals surface area contributed by atoms with Gasteiger partial charge in [-0.25, -0.2) is 4.98 Å².